The van der Waals surface area contributed by atoms with Gasteiger partial charge in [-0.1, -0.05) is 19.4 Å². The van der Waals surface area contributed by atoms with E-state index in [9.17, 15) is 4.79 Å². The summed E-state index contributed by atoms with van der Waals surface area (Å²) in [5.74, 6) is 0.947. The smallest absolute Gasteiger partial charge is 0.174 e. The van der Waals surface area contributed by atoms with Gasteiger partial charge in [0.2, 0.25) is 0 Å². The van der Waals surface area contributed by atoms with Gasteiger partial charge < -0.3 is 10.1 Å². The van der Waals surface area contributed by atoms with Crippen LogP contribution in [0.3, 0.4) is 0 Å². The summed E-state index contributed by atoms with van der Waals surface area (Å²) in [5, 5.41) is 3.35. The minimum absolute atomic E-state index is 0.0504. The summed E-state index contributed by atoms with van der Waals surface area (Å²) in [6, 6.07) is 4.01. The summed E-state index contributed by atoms with van der Waals surface area (Å²) in [7, 11) is 0. The fourth-order valence-electron chi connectivity index (χ4n) is 2.54. The van der Waals surface area contributed by atoms with E-state index in [2.05, 4.69) is 18.3 Å². The Morgan fingerprint density at radius 2 is 2.16 bits per heavy atom. The third kappa shape index (κ3) is 3.16. The van der Waals surface area contributed by atoms with Gasteiger partial charge in [0.05, 0.1) is 18.1 Å². The molecule has 0 radical (unpaired) electrons. The number of fused-ring (bicyclic) bond motifs is 1. The van der Waals surface area contributed by atoms with Crippen molar-refractivity contribution in [3.05, 3.63) is 28.8 Å². The van der Waals surface area contributed by atoms with E-state index in [4.69, 9.17) is 4.74 Å². The molecule has 2 rings (SSSR count). The van der Waals surface area contributed by atoms with Gasteiger partial charge in [0.1, 0.15) is 5.75 Å². The Balaban J connectivity index is 2.07. The first-order chi connectivity index (χ1) is 9.13. The normalized spacial score (nSPS) is 18.1. The number of unbranched alkanes of at least 4 members (excludes halogenated alkanes) is 1. The number of hydrogen-bond acceptors (Lipinski definition) is 3. The lowest BCUT2D eigenvalue weighted by Gasteiger charge is -2.26. The van der Waals surface area contributed by atoms with Gasteiger partial charge in [-0.2, -0.15) is 0 Å². The van der Waals surface area contributed by atoms with Gasteiger partial charge in [-0.15, -0.1) is 0 Å². The van der Waals surface area contributed by atoms with Crippen LogP contribution in [0.15, 0.2) is 12.1 Å². The molecule has 1 atom stereocenters. The zero-order valence-corrected chi connectivity index (χ0v) is 12.1. The van der Waals surface area contributed by atoms with Crippen molar-refractivity contribution in [3.8, 4) is 5.75 Å². The second-order valence-electron chi connectivity index (χ2n) is 5.39. The van der Waals surface area contributed by atoms with Crippen molar-refractivity contribution in [3.63, 3.8) is 0 Å². The lowest BCUT2D eigenvalue weighted by atomic mass is 9.92. The number of carbonyl (C=O) groups excluding carboxylic acids is 1. The minimum atomic E-state index is -0.0504. The molecular weight excluding hydrogens is 238 g/mol. The van der Waals surface area contributed by atoms with Gasteiger partial charge in [0, 0.05) is 6.54 Å². The largest absolute Gasteiger partial charge is 0.492 e. The maximum atomic E-state index is 12.5. The molecule has 3 heteroatoms. The van der Waals surface area contributed by atoms with Crippen molar-refractivity contribution in [2.75, 3.05) is 19.7 Å². The van der Waals surface area contributed by atoms with E-state index in [-0.39, 0.29) is 11.7 Å². The van der Waals surface area contributed by atoms with E-state index in [1.807, 2.05) is 19.9 Å². The Bertz CT molecular complexity index is 468. The van der Waals surface area contributed by atoms with Crippen molar-refractivity contribution < 1.29 is 9.53 Å². The van der Waals surface area contributed by atoms with Gasteiger partial charge in [-0.05, 0) is 44.0 Å². The number of aryl methyl sites for hydroxylation is 2. The zero-order chi connectivity index (χ0) is 13.8. The van der Waals surface area contributed by atoms with E-state index in [0.29, 0.717) is 13.2 Å². The van der Waals surface area contributed by atoms with Gasteiger partial charge in [-0.25, -0.2) is 0 Å². The van der Waals surface area contributed by atoms with Crippen molar-refractivity contribution >= 4 is 5.78 Å². The first-order valence-electron chi connectivity index (χ1n) is 7.12. The average Bonchev–Trinajstić information content (AvgIpc) is 2.37. The van der Waals surface area contributed by atoms with E-state index >= 15 is 0 Å². The van der Waals surface area contributed by atoms with Crippen LogP contribution < -0.4 is 10.1 Å². The third-order valence-electron chi connectivity index (χ3n) is 3.58. The number of benzene rings is 1. The lowest BCUT2D eigenvalue weighted by molar-refractivity contribution is 0.0828. The second kappa shape index (κ2) is 6.20. The monoisotopic (exact) mass is 261 g/mol. The number of hydrogen-bond donors (Lipinski definition) is 1. The second-order valence-corrected chi connectivity index (χ2v) is 5.39. The number of ether oxygens (including phenoxy) is 1. The average molecular weight is 261 g/mol. The number of rotatable bonds is 5. The number of Topliss-reactive ketones (excluding diaryl/α,β-unsaturated/α-hetero) is 1. The van der Waals surface area contributed by atoms with Crippen molar-refractivity contribution in [1.82, 2.24) is 5.32 Å². The van der Waals surface area contributed by atoms with Crippen LogP contribution in [0, 0.1) is 19.8 Å². The Morgan fingerprint density at radius 3 is 2.89 bits per heavy atom. The van der Waals surface area contributed by atoms with Crippen LogP contribution in [0.4, 0.5) is 0 Å². The highest BCUT2D eigenvalue weighted by molar-refractivity contribution is 6.02. The Kier molecular flexibility index (Phi) is 4.59. The summed E-state index contributed by atoms with van der Waals surface area (Å²) >= 11 is 0. The molecule has 104 valence electrons. The molecule has 3 nitrogen and oxygen atoms in total. The Hall–Kier alpha value is -1.35. The summed E-state index contributed by atoms with van der Waals surface area (Å²) < 4.78 is 5.79. The lowest BCUT2D eigenvalue weighted by Crippen LogP contribution is -2.36. The molecular formula is C16H23NO2. The fourth-order valence-corrected chi connectivity index (χ4v) is 2.54. The van der Waals surface area contributed by atoms with E-state index in [0.717, 1.165) is 35.4 Å². The highest BCUT2D eigenvalue weighted by Crippen LogP contribution is 2.31. The van der Waals surface area contributed by atoms with Crippen molar-refractivity contribution in [2.24, 2.45) is 5.92 Å². The minimum Gasteiger partial charge on any atom is -0.492 e. The molecule has 0 bridgehead atoms. The quantitative estimate of drug-likeness (QED) is 0.828. The fraction of sp³-hybridized carbons (Fsp3) is 0.562. The third-order valence-corrected chi connectivity index (χ3v) is 3.58. The maximum absolute atomic E-state index is 12.5. The molecule has 0 saturated carbocycles. The molecule has 0 amide bonds. The standard InChI is InChI=1S/C16H23NO2/c1-4-5-6-17-9-13-10-19-16-12(3)7-11(2)8-14(16)15(13)18/h7-8,13,17H,4-6,9-10H2,1-3H3. The highest BCUT2D eigenvalue weighted by atomic mass is 16.5. The van der Waals surface area contributed by atoms with Gasteiger partial charge in [0.25, 0.3) is 0 Å². The zero-order valence-electron chi connectivity index (χ0n) is 12.1. The summed E-state index contributed by atoms with van der Waals surface area (Å²) in [5.41, 5.74) is 2.93. The molecule has 0 aromatic heterocycles. The van der Waals surface area contributed by atoms with Crippen LogP contribution >= 0.6 is 0 Å². The Morgan fingerprint density at radius 1 is 1.37 bits per heavy atom. The molecule has 1 aromatic carbocycles. The molecule has 1 aliphatic rings. The van der Waals surface area contributed by atoms with Crippen LogP contribution in [0.1, 0.15) is 41.3 Å². The first-order valence-corrected chi connectivity index (χ1v) is 7.12. The van der Waals surface area contributed by atoms with Crippen LogP contribution in [0.5, 0.6) is 5.75 Å². The van der Waals surface area contributed by atoms with Crippen molar-refractivity contribution in [2.45, 2.75) is 33.6 Å². The molecule has 0 fully saturated rings. The van der Waals surface area contributed by atoms with Crippen LogP contribution in [-0.2, 0) is 0 Å². The van der Waals surface area contributed by atoms with Gasteiger partial charge in [0.15, 0.2) is 5.78 Å². The van der Waals surface area contributed by atoms with Gasteiger partial charge in [-0.3, -0.25) is 4.79 Å². The highest BCUT2D eigenvalue weighted by Gasteiger charge is 2.29. The SMILES string of the molecule is CCCCNCC1COc2c(C)cc(C)cc2C1=O. The number of nitrogens with one attached hydrogen (secondary N) is 1. The molecule has 0 saturated heterocycles. The Labute approximate surface area is 115 Å². The summed E-state index contributed by atoms with van der Waals surface area (Å²) in [4.78, 5) is 12.5. The molecule has 1 aromatic rings. The first kappa shape index (κ1) is 14.1. The number of ketones is 1. The predicted octanol–water partition coefficient (Wildman–Crippen LogP) is 2.88. The summed E-state index contributed by atoms with van der Waals surface area (Å²) in [6.07, 6.45) is 2.32. The van der Waals surface area contributed by atoms with Crippen LogP contribution in [0.25, 0.3) is 0 Å². The topological polar surface area (TPSA) is 38.3 Å². The van der Waals surface area contributed by atoms with E-state index in [1.54, 1.807) is 0 Å². The van der Waals surface area contributed by atoms with Crippen LogP contribution in [-0.4, -0.2) is 25.5 Å². The predicted molar refractivity (Wildman–Crippen MR) is 77.0 cm³/mol. The molecule has 1 heterocycles. The maximum Gasteiger partial charge on any atom is 0.174 e. The molecule has 1 unspecified atom stereocenters. The van der Waals surface area contributed by atoms with E-state index < -0.39 is 0 Å². The number of carbonyl (C=O) groups is 1. The van der Waals surface area contributed by atoms with Crippen molar-refractivity contribution in [1.29, 1.82) is 0 Å². The molecule has 19 heavy (non-hydrogen) atoms. The molecule has 1 N–H and O–H groups in total. The molecule has 0 spiro atoms. The van der Waals surface area contributed by atoms with Gasteiger partial charge >= 0.3 is 0 Å². The summed E-state index contributed by atoms with van der Waals surface area (Å²) in [6.45, 7) is 8.36. The van der Waals surface area contributed by atoms with E-state index in [1.165, 1.54) is 6.42 Å². The molecule has 1 aliphatic heterocycles. The van der Waals surface area contributed by atoms with Crippen LogP contribution in [0.2, 0.25) is 0 Å². The molecule has 0 aliphatic carbocycles.